The van der Waals surface area contributed by atoms with Gasteiger partial charge >= 0.3 is 0 Å². The topological polar surface area (TPSA) is 78.9 Å². The Morgan fingerprint density at radius 3 is 2.47 bits per heavy atom. The van der Waals surface area contributed by atoms with Crippen molar-refractivity contribution in [2.45, 2.75) is 39.2 Å². The third-order valence-electron chi connectivity index (χ3n) is 3.96. The minimum atomic E-state index is 0.0831. The molecule has 3 N–H and O–H groups in total. The normalized spacial score (nSPS) is 31.5. The maximum absolute atomic E-state index is 12.3. The molecule has 0 aliphatic heterocycles. The van der Waals surface area contributed by atoms with Gasteiger partial charge in [0.25, 0.3) is 0 Å². The highest BCUT2D eigenvalue weighted by Gasteiger charge is 2.48. The summed E-state index contributed by atoms with van der Waals surface area (Å²) >= 11 is 0. The van der Waals surface area contributed by atoms with E-state index >= 15 is 0 Å². The molecule has 0 aromatic heterocycles. The van der Waals surface area contributed by atoms with E-state index in [2.05, 4.69) is 5.16 Å². The van der Waals surface area contributed by atoms with Crippen molar-refractivity contribution in [2.24, 2.45) is 28.6 Å². The first-order chi connectivity index (χ1) is 8.02. The van der Waals surface area contributed by atoms with E-state index in [1.165, 1.54) is 6.42 Å². The van der Waals surface area contributed by atoms with Crippen molar-refractivity contribution >= 4 is 11.7 Å². The van der Waals surface area contributed by atoms with Crippen molar-refractivity contribution in [1.29, 1.82) is 0 Å². The summed E-state index contributed by atoms with van der Waals surface area (Å²) in [4.78, 5) is 14.1. The second-order valence-corrected chi connectivity index (χ2v) is 5.58. The van der Waals surface area contributed by atoms with Gasteiger partial charge in [-0.1, -0.05) is 5.16 Å². The number of fused-ring (bicyclic) bond motifs is 1. The molecule has 17 heavy (non-hydrogen) atoms. The molecule has 0 spiro atoms. The van der Waals surface area contributed by atoms with Crippen molar-refractivity contribution in [2.75, 3.05) is 6.54 Å². The van der Waals surface area contributed by atoms with Gasteiger partial charge in [-0.2, -0.15) is 0 Å². The number of hydrogen-bond donors (Lipinski definition) is 2. The van der Waals surface area contributed by atoms with Gasteiger partial charge < -0.3 is 15.8 Å². The van der Waals surface area contributed by atoms with Crippen LogP contribution in [-0.4, -0.2) is 34.4 Å². The average molecular weight is 239 g/mol. The number of carbonyl (C=O) groups excluding carboxylic acids is 1. The standard InChI is InChI=1S/C12H21N3O2/c1-7(2)15(6-11(13)14-17)12(16)10-4-8-3-9(8)5-10/h7-10,17H,3-6H2,1-2H3,(H2,13,14). The number of rotatable bonds is 4. The minimum absolute atomic E-state index is 0.0831. The van der Waals surface area contributed by atoms with E-state index in [1.54, 1.807) is 4.90 Å². The summed E-state index contributed by atoms with van der Waals surface area (Å²) in [6, 6.07) is 0.0831. The Labute approximate surface area is 102 Å². The van der Waals surface area contributed by atoms with Gasteiger partial charge in [-0.3, -0.25) is 4.79 Å². The predicted molar refractivity (Wildman–Crippen MR) is 64.6 cm³/mol. The smallest absolute Gasteiger partial charge is 0.226 e. The molecule has 5 heteroatoms. The first kappa shape index (κ1) is 12.2. The SMILES string of the molecule is CC(C)N(CC(N)=NO)C(=O)C1CC2CC2C1. The number of nitrogens with zero attached hydrogens (tertiary/aromatic N) is 2. The summed E-state index contributed by atoms with van der Waals surface area (Å²) in [5.41, 5.74) is 5.49. The Kier molecular flexibility index (Phi) is 3.26. The fourth-order valence-electron chi connectivity index (χ4n) is 2.87. The van der Waals surface area contributed by atoms with Gasteiger partial charge in [-0.25, -0.2) is 0 Å². The van der Waals surface area contributed by atoms with Crippen LogP contribution in [0.25, 0.3) is 0 Å². The molecule has 0 saturated heterocycles. The first-order valence-electron chi connectivity index (χ1n) is 6.29. The van der Waals surface area contributed by atoms with E-state index in [1.807, 2.05) is 13.8 Å². The number of oxime groups is 1. The summed E-state index contributed by atoms with van der Waals surface area (Å²) < 4.78 is 0. The number of carbonyl (C=O) groups is 1. The quantitative estimate of drug-likeness (QED) is 0.333. The van der Waals surface area contributed by atoms with Crippen molar-refractivity contribution in [3.05, 3.63) is 0 Å². The van der Waals surface area contributed by atoms with Crippen molar-refractivity contribution in [3.63, 3.8) is 0 Å². The minimum Gasteiger partial charge on any atom is -0.409 e. The van der Waals surface area contributed by atoms with Gasteiger partial charge in [0, 0.05) is 12.0 Å². The molecule has 2 fully saturated rings. The zero-order valence-corrected chi connectivity index (χ0v) is 10.5. The van der Waals surface area contributed by atoms with Gasteiger partial charge in [-0.15, -0.1) is 0 Å². The zero-order chi connectivity index (χ0) is 12.6. The second kappa shape index (κ2) is 4.55. The third kappa shape index (κ3) is 2.53. The molecule has 2 rings (SSSR count). The van der Waals surface area contributed by atoms with Gasteiger partial charge in [0.2, 0.25) is 5.91 Å². The fraction of sp³-hybridized carbons (Fsp3) is 0.833. The zero-order valence-electron chi connectivity index (χ0n) is 10.5. The van der Waals surface area contributed by atoms with Crippen LogP contribution in [-0.2, 0) is 4.79 Å². The lowest BCUT2D eigenvalue weighted by molar-refractivity contribution is -0.136. The Hall–Kier alpha value is -1.26. The summed E-state index contributed by atoms with van der Waals surface area (Å²) in [6.07, 6.45) is 3.37. The molecule has 2 aliphatic rings. The average Bonchev–Trinajstić information content (AvgIpc) is 2.91. The molecule has 1 amide bonds. The second-order valence-electron chi connectivity index (χ2n) is 5.58. The van der Waals surface area contributed by atoms with Crippen LogP contribution in [0.15, 0.2) is 5.16 Å². The highest BCUT2D eigenvalue weighted by atomic mass is 16.4. The highest BCUT2D eigenvalue weighted by Crippen LogP contribution is 2.54. The van der Waals surface area contributed by atoms with E-state index in [0.717, 1.165) is 24.7 Å². The Morgan fingerprint density at radius 1 is 1.41 bits per heavy atom. The maximum atomic E-state index is 12.3. The summed E-state index contributed by atoms with van der Waals surface area (Å²) in [5, 5.41) is 11.5. The number of amidine groups is 1. The number of amides is 1. The molecule has 2 saturated carbocycles. The Balaban J connectivity index is 1.97. The van der Waals surface area contributed by atoms with E-state index in [9.17, 15) is 4.79 Å². The van der Waals surface area contributed by atoms with E-state index in [4.69, 9.17) is 10.9 Å². The van der Waals surface area contributed by atoms with E-state index in [0.29, 0.717) is 0 Å². The van der Waals surface area contributed by atoms with Crippen molar-refractivity contribution in [3.8, 4) is 0 Å². The Bertz CT molecular complexity index is 331. The predicted octanol–water partition coefficient (Wildman–Crippen LogP) is 1.02. The molecule has 0 radical (unpaired) electrons. The lowest BCUT2D eigenvalue weighted by Gasteiger charge is -2.29. The monoisotopic (exact) mass is 239 g/mol. The molecular weight excluding hydrogens is 218 g/mol. The molecule has 0 heterocycles. The molecule has 96 valence electrons. The van der Waals surface area contributed by atoms with Gasteiger partial charge in [-0.05, 0) is 44.9 Å². The van der Waals surface area contributed by atoms with Crippen molar-refractivity contribution < 1.29 is 10.0 Å². The lowest BCUT2D eigenvalue weighted by atomic mass is 10.0. The van der Waals surface area contributed by atoms with Gasteiger partial charge in [0.05, 0.1) is 6.54 Å². The van der Waals surface area contributed by atoms with Crippen molar-refractivity contribution in [1.82, 2.24) is 4.90 Å². The largest absolute Gasteiger partial charge is 0.409 e. The van der Waals surface area contributed by atoms with Crippen LogP contribution >= 0.6 is 0 Å². The van der Waals surface area contributed by atoms with Crippen LogP contribution in [0.2, 0.25) is 0 Å². The van der Waals surface area contributed by atoms with Crippen LogP contribution in [0, 0.1) is 17.8 Å². The first-order valence-corrected chi connectivity index (χ1v) is 6.29. The Morgan fingerprint density at radius 2 is 2.00 bits per heavy atom. The fourth-order valence-corrected chi connectivity index (χ4v) is 2.87. The summed E-state index contributed by atoms with van der Waals surface area (Å²) in [6.45, 7) is 4.13. The molecule has 2 aliphatic carbocycles. The summed E-state index contributed by atoms with van der Waals surface area (Å²) in [7, 11) is 0. The van der Waals surface area contributed by atoms with Gasteiger partial charge in [0.15, 0.2) is 5.84 Å². The number of nitrogens with two attached hydrogens (primary N) is 1. The van der Waals surface area contributed by atoms with Crippen LogP contribution < -0.4 is 5.73 Å². The molecule has 5 nitrogen and oxygen atoms in total. The molecule has 2 unspecified atom stereocenters. The van der Waals surface area contributed by atoms with Crippen LogP contribution in [0.1, 0.15) is 33.1 Å². The lowest BCUT2D eigenvalue weighted by Crippen LogP contribution is -2.45. The molecule has 0 aromatic carbocycles. The maximum Gasteiger partial charge on any atom is 0.226 e. The molecule has 2 atom stereocenters. The molecule has 0 bridgehead atoms. The van der Waals surface area contributed by atoms with E-state index in [-0.39, 0.29) is 30.2 Å². The highest BCUT2D eigenvalue weighted by molar-refractivity contribution is 5.88. The van der Waals surface area contributed by atoms with Gasteiger partial charge in [0.1, 0.15) is 0 Å². The van der Waals surface area contributed by atoms with Crippen LogP contribution in [0.5, 0.6) is 0 Å². The van der Waals surface area contributed by atoms with E-state index < -0.39 is 0 Å². The molecule has 0 aromatic rings. The number of hydrogen-bond acceptors (Lipinski definition) is 3. The third-order valence-corrected chi connectivity index (χ3v) is 3.96. The molecular formula is C12H21N3O2. The summed E-state index contributed by atoms with van der Waals surface area (Å²) in [5.74, 6) is 2.00. The van der Waals surface area contributed by atoms with Crippen LogP contribution in [0.4, 0.5) is 0 Å². The van der Waals surface area contributed by atoms with Crippen LogP contribution in [0.3, 0.4) is 0 Å².